The maximum atomic E-state index is 12.3. The number of benzene rings is 1. The predicted molar refractivity (Wildman–Crippen MR) is 113 cm³/mol. The van der Waals surface area contributed by atoms with Gasteiger partial charge >= 0.3 is 0 Å². The van der Waals surface area contributed by atoms with E-state index in [-0.39, 0.29) is 18.1 Å². The molecule has 0 unspecified atom stereocenters. The molecule has 30 heavy (non-hydrogen) atoms. The number of aromatic nitrogens is 2. The average molecular weight is 409 g/mol. The SMILES string of the molecule is O=C(Nc1ccc2c(c1)CCN2c1cc(OC2CCNCC2)ncn1)[C@H]1CCCO1. The Kier molecular flexibility index (Phi) is 5.50. The number of nitrogens with one attached hydrogen (secondary N) is 2. The maximum Gasteiger partial charge on any atom is 0.253 e. The number of carbonyl (C=O) groups is 1. The van der Waals surface area contributed by atoms with Crippen molar-refractivity contribution in [1.82, 2.24) is 15.3 Å². The van der Waals surface area contributed by atoms with Crippen molar-refractivity contribution in [2.24, 2.45) is 0 Å². The summed E-state index contributed by atoms with van der Waals surface area (Å²) in [5.41, 5.74) is 3.12. The Morgan fingerprint density at radius 1 is 1.20 bits per heavy atom. The van der Waals surface area contributed by atoms with E-state index < -0.39 is 0 Å². The Morgan fingerprint density at radius 2 is 2.10 bits per heavy atom. The Morgan fingerprint density at radius 3 is 2.93 bits per heavy atom. The zero-order valence-corrected chi connectivity index (χ0v) is 17.0. The molecule has 5 rings (SSSR count). The van der Waals surface area contributed by atoms with Gasteiger partial charge in [-0.25, -0.2) is 9.97 Å². The number of rotatable bonds is 5. The van der Waals surface area contributed by atoms with Crippen molar-refractivity contribution in [3.05, 3.63) is 36.2 Å². The summed E-state index contributed by atoms with van der Waals surface area (Å²) in [5, 5.41) is 6.34. The molecule has 0 saturated carbocycles. The number of fused-ring (bicyclic) bond motifs is 1. The van der Waals surface area contributed by atoms with E-state index in [4.69, 9.17) is 9.47 Å². The number of piperidine rings is 1. The normalized spacial score (nSPS) is 21.5. The number of ether oxygens (including phenoxy) is 2. The van der Waals surface area contributed by atoms with E-state index in [0.29, 0.717) is 12.5 Å². The van der Waals surface area contributed by atoms with Gasteiger partial charge in [0, 0.05) is 30.6 Å². The molecule has 2 N–H and O–H groups in total. The van der Waals surface area contributed by atoms with Crippen LogP contribution in [0.15, 0.2) is 30.6 Å². The lowest BCUT2D eigenvalue weighted by Gasteiger charge is -2.24. The van der Waals surface area contributed by atoms with Crippen molar-refractivity contribution in [3.8, 4) is 5.88 Å². The second kappa shape index (κ2) is 8.57. The van der Waals surface area contributed by atoms with E-state index in [1.54, 1.807) is 6.33 Å². The highest BCUT2D eigenvalue weighted by atomic mass is 16.5. The standard InChI is InChI=1S/C22H27N5O3/c28-22(19-2-1-11-29-19)26-16-3-4-18-15(12-16)7-10-27(18)20-13-21(25-14-24-20)30-17-5-8-23-9-6-17/h3-4,12-14,17,19,23H,1-2,5-11H2,(H,26,28)/t19-/m1/s1. The van der Waals surface area contributed by atoms with Crippen LogP contribution in [0.1, 0.15) is 31.2 Å². The van der Waals surface area contributed by atoms with Crippen LogP contribution in [0.2, 0.25) is 0 Å². The fourth-order valence-electron chi connectivity index (χ4n) is 4.35. The van der Waals surface area contributed by atoms with Crippen molar-refractivity contribution in [2.45, 2.75) is 44.3 Å². The first-order valence-electron chi connectivity index (χ1n) is 10.8. The van der Waals surface area contributed by atoms with Crippen LogP contribution in [0.25, 0.3) is 0 Å². The highest BCUT2D eigenvalue weighted by Crippen LogP contribution is 2.36. The molecule has 0 bridgehead atoms. The molecule has 1 atom stereocenters. The van der Waals surface area contributed by atoms with E-state index in [1.165, 1.54) is 5.56 Å². The van der Waals surface area contributed by atoms with Gasteiger partial charge in [0.2, 0.25) is 5.88 Å². The van der Waals surface area contributed by atoms with Gasteiger partial charge in [0.15, 0.2) is 0 Å². The summed E-state index contributed by atoms with van der Waals surface area (Å²) < 4.78 is 11.5. The molecule has 3 aliphatic heterocycles. The van der Waals surface area contributed by atoms with Gasteiger partial charge in [-0.15, -0.1) is 0 Å². The van der Waals surface area contributed by atoms with Gasteiger partial charge in [0.05, 0.1) is 0 Å². The topological polar surface area (TPSA) is 88.6 Å². The van der Waals surface area contributed by atoms with Crippen molar-refractivity contribution >= 4 is 23.1 Å². The number of carbonyl (C=O) groups excluding carboxylic acids is 1. The first-order chi connectivity index (χ1) is 14.8. The van der Waals surface area contributed by atoms with Crippen LogP contribution in [0.5, 0.6) is 5.88 Å². The summed E-state index contributed by atoms with van der Waals surface area (Å²) in [6, 6.07) is 7.96. The van der Waals surface area contributed by atoms with Crippen LogP contribution >= 0.6 is 0 Å². The largest absolute Gasteiger partial charge is 0.474 e. The van der Waals surface area contributed by atoms with Crippen LogP contribution < -0.4 is 20.3 Å². The minimum atomic E-state index is -0.325. The average Bonchev–Trinajstić information content (AvgIpc) is 3.45. The van der Waals surface area contributed by atoms with Gasteiger partial charge in [0.1, 0.15) is 24.4 Å². The second-order valence-electron chi connectivity index (χ2n) is 8.02. The summed E-state index contributed by atoms with van der Waals surface area (Å²) in [7, 11) is 0. The lowest BCUT2D eigenvalue weighted by atomic mass is 10.1. The number of hydrogen-bond acceptors (Lipinski definition) is 7. The fraction of sp³-hybridized carbons (Fsp3) is 0.500. The Labute approximate surface area is 176 Å². The summed E-state index contributed by atoms with van der Waals surface area (Å²) in [5.74, 6) is 1.41. The molecule has 0 aliphatic carbocycles. The number of amides is 1. The van der Waals surface area contributed by atoms with E-state index >= 15 is 0 Å². The first kappa shape index (κ1) is 19.3. The van der Waals surface area contributed by atoms with Gasteiger partial charge in [-0.05, 0) is 69.0 Å². The molecular formula is C22H27N5O3. The molecule has 1 amide bonds. The van der Waals surface area contributed by atoms with Gasteiger partial charge < -0.3 is 25.0 Å². The molecule has 8 heteroatoms. The van der Waals surface area contributed by atoms with Crippen LogP contribution in [-0.2, 0) is 16.0 Å². The van der Waals surface area contributed by atoms with Gasteiger partial charge in [-0.1, -0.05) is 0 Å². The molecule has 2 saturated heterocycles. The van der Waals surface area contributed by atoms with Gasteiger partial charge in [-0.2, -0.15) is 0 Å². The summed E-state index contributed by atoms with van der Waals surface area (Å²) >= 11 is 0. The highest BCUT2D eigenvalue weighted by Gasteiger charge is 2.26. The zero-order valence-electron chi connectivity index (χ0n) is 17.0. The maximum absolute atomic E-state index is 12.3. The smallest absolute Gasteiger partial charge is 0.253 e. The Hall–Kier alpha value is -2.71. The van der Waals surface area contributed by atoms with Crippen molar-refractivity contribution in [1.29, 1.82) is 0 Å². The molecule has 8 nitrogen and oxygen atoms in total. The molecule has 158 valence electrons. The predicted octanol–water partition coefficient (Wildman–Crippen LogP) is 2.42. The van der Waals surface area contributed by atoms with Crippen molar-refractivity contribution < 1.29 is 14.3 Å². The minimum absolute atomic E-state index is 0.0576. The molecule has 1 aromatic heterocycles. The number of nitrogens with zero attached hydrogens (tertiary/aromatic N) is 3. The molecule has 0 radical (unpaired) electrons. The number of hydrogen-bond donors (Lipinski definition) is 2. The van der Waals surface area contributed by atoms with E-state index in [0.717, 1.165) is 68.9 Å². The third-order valence-corrected chi connectivity index (χ3v) is 5.94. The highest BCUT2D eigenvalue weighted by molar-refractivity contribution is 5.94. The van der Waals surface area contributed by atoms with Gasteiger partial charge in [-0.3, -0.25) is 4.79 Å². The Bertz CT molecular complexity index is 909. The summed E-state index contributed by atoms with van der Waals surface area (Å²) in [4.78, 5) is 23.3. The fourth-order valence-corrected chi connectivity index (χ4v) is 4.35. The van der Waals surface area contributed by atoms with Crippen LogP contribution in [-0.4, -0.2) is 54.3 Å². The lowest BCUT2D eigenvalue weighted by molar-refractivity contribution is -0.124. The minimum Gasteiger partial charge on any atom is -0.474 e. The van der Waals surface area contributed by atoms with Crippen LogP contribution in [0.3, 0.4) is 0 Å². The number of anilines is 3. The molecule has 2 fully saturated rings. The third-order valence-electron chi connectivity index (χ3n) is 5.94. The third kappa shape index (κ3) is 4.11. The van der Waals surface area contributed by atoms with Crippen LogP contribution in [0.4, 0.5) is 17.2 Å². The quantitative estimate of drug-likeness (QED) is 0.784. The van der Waals surface area contributed by atoms with Crippen molar-refractivity contribution in [3.63, 3.8) is 0 Å². The first-order valence-corrected chi connectivity index (χ1v) is 10.8. The lowest BCUT2D eigenvalue weighted by Crippen LogP contribution is -2.34. The van der Waals surface area contributed by atoms with E-state index in [9.17, 15) is 4.79 Å². The van der Waals surface area contributed by atoms with E-state index in [2.05, 4.69) is 31.6 Å². The van der Waals surface area contributed by atoms with Gasteiger partial charge in [0.25, 0.3) is 5.91 Å². The Balaban J connectivity index is 1.28. The van der Waals surface area contributed by atoms with Crippen molar-refractivity contribution in [2.75, 3.05) is 36.5 Å². The van der Waals surface area contributed by atoms with Crippen LogP contribution in [0, 0.1) is 0 Å². The van der Waals surface area contributed by atoms with E-state index in [1.807, 2.05) is 18.2 Å². The molecule has 3 aliphatic rings. The summed E-state index contributed by atoms with van der Waals surface area (Å²) in [6.07, 6.45) is 6.06. The molecule has 2 aromatic rings. The molecule has 0 spiro atoms. The monoisotopic (exact) mass is 409 g/mol. The summed E-state index contributed by atoms with van der Waals surface area (Å²) in [6.45, 7) is 3.46. The zero-order chi connectivity index (χ0) is 20.3. The molecule has 1 aromatic carbocycles. The molecular weight excluding hydrogens is 382 g/mol. The molecule has 4 heterocycles. The second-order valence-corrected chi connectivity index (χ2v) is 8.02.